The molecule has 2 unspecified atom stereocenters. The number of esters is 1. The van der Waals surface area contributed by atoms with E-state index in [0.29, 0.717) is 36.3 Å². The smallest absolute Gasteiger partial charge is 0.312 e. The van der Waals surface area contributed by atoms with Gasteiger partial charge in [0, 0.05) is 17.1 Å². The molecular formula is C24H29ClN2O4. The van der Waals surface area contributed by atoms with E-state index in [1.807, 2.05) is 6.92 Å². The zero-order valence-corrected chi connectivity index (χ0v) is 18.7. The standard InChI is InChI=1S/C24H29ClN2O4/c1-2-30-20-6-4-19(5-7-20)27(9-3-8-26)21(28)15-31-22(29)23-11-17-10-18(12-23)14-24(25,13-17)16-23/h4-7,17-18H,2-3,9-16H2,1H3. The van der Waals surface area contributed by atoms with Crippen LogP contribution in [0.5, 0.6) is 5.75 Å². The summed E-state index contributed by atoms with van der Waals surface area (Å²) >= 11 is 6.83. The van der Waals surface area contributed by atoms with Crippen molar-refractivity contribution in [3.05, 3.63) is 24.3 Å². The average Bonchev–Trinajstić information content (AvgIpc) is 2.71. The molecule has 2 atom stereocenters. The Morgan fingerprint density at radius 1 is 1.19 bits per heavy atom. The van der Waals surface area contributed by atoms with Crippen molar-refractivity contribution in [2.75, 3.05) is 24.7 Å². The fourth-order valence-electron chi connectivity index (χ4n) is 6.20. The molecule has 4 saturated carbocycles. The maximum Gasteiger partial charge on any atom is 0.312 e. The highest BCUT2D eigenvalue weighted by Crippen LogP contribution is 2.64. The van der Waals surface area contributed by atoms with Gasteiger partial charge in [0.05, 0.1) is 24.5 Å². The Balaban J connectivity index is 1.42. The Bertz CT molecular complexity index is 865. The number of hydrogen-bond acceptors (Lipinski definition) is 5. The highest BCUT2D eigenvalue weighted by atomic mass is 35.5. The van der Waals surface area contributed by atoms with Gasteiger partial charge in [-0.05, 0) is 81.5 Å². The second-order valence-corrected chi connectivity index (χ2v) is 10.2. The van der Waals surface area contributed by atoms with Crippen molar-refractivity contribution in [2.24, 2.45) is 17.3 Å². The molecule has 0 aromatic heterocycles. The molecule has 0 spiro atoms. The number of ether oxygens (including phenoxy) is 2. The number of alkyl halides is 1. The second-order valence-electron chi connectivity index (χ2n) is 9.35. The first-order valence-electron chi connectivity index (χ1n) is 11.1. The minimum Gasteiger partial charge on any atom is -0.494 e. The van der Waals surface area contributed by atoms with E-state index in [1.165, 1.54) is 4.90 Å². The fraction of sp³-hybridized carbons (Fsp3) is 0.625. The van der Waals surface area contributed by atoms with Crippen LogP contribution >= 0.6 is 11.6 Å². The average molecular weight is 445 g/mol. The number of rotatable bonds is 8. The summed E-state index contributed by atoms with van der Waals surface area (Å²) in [5.74, 6) is 1.06. The molecule has 0 radical (unpaired) electrons. The van der Waals surface area contributed by atoms with Gasteiger partial charge < -0.3 is 14.4 Å². The summed E-state index contributed by atoms with van der Waals surface area (Å²) in [5.41, 5.74) is 0.109. The van der Waals surface area contributed by atoms with Gasteiger partial charge in [0.2, 0.25) is 0 Å². The number of nitrogens with zero attached hydrogens (tertiary/aromatic N) is 2. The molecule has 0 N–H and O–H groups in total. The molecule has 1 aromatic rings. The van der Waals surface area contributed by atoms with Crippen LogP contribution in [0, 0.1) is 28.6 Å². The lowest BCUT2D eigenvalue weighted by Gasteiger charge is -2.58. The highest BCUT2D eigenvalue weighted by Gasteiger charge is 2.60. The third-order valence-corrected chi connectivity index (χ3v) is 7.40. The minimum atomic E-state index is -0.539. The lowest BCUT2D eigenvalue weighted by molar-refractivity contribution is -0.171. The van der Waals surface area contributed by atoms with E-state index in [2.05, 4.69) is 6.07 Å². The Labute approximate surface area is 188 Å². The van der Waals surface area contributed by atoms with Gasteiger partial charge >= 0.3 is 5.97 Å². The van der Waals surface area contributed by atoms with E-state index in [1.54, 1.807) is 24.3 Å². The zero-order valence-electron chi connectivity index (χ0n) is 17.9. The molecule has 0 heterocycles. The highest BCUT2D eigenvalue weighted by molar-refractivity contribution is 6.24. The van der Waals surface area contributed by atoms with Crippen molar-refractivity contribution in [1.29, 1.82) is 5.26 Å². The van der Waals surface area contributed by atoms with Crippen LogP contribution < -0.4 is 9.64 Å². The zero-order chi connectivity index (χ0) is 22.1. The number of anilines is 1. The predicted octanol–water partition coefficient (Wildman–Crippen LogP) is 4.45. The summed E-state index contributed by atoms with van der Waals surface area (Å²) in [6.07, 6.45) is 5.61. The van der Waals surface area contributed by atoms with Gasteiger partial charge in [-0.25, -0.2) is 0 Å². The SMILES string of the molecule is CCOc1ccc(N(CCC#N)C(=O)COC(=O)C23CC4CC(CC(Cl)(C4)C2)C3)cc1. The third-order valence-electron chi connectivity index (χ3n) is 6.96. The van der Waals surface area contributed by atoms with Crippen LogP contribution in [0.1, 0.15) is 51.9 Å². The number of halogens is 1. The molecular weight excluding hydrogens is 416 g/mol. The molecule has 1 aromatic carbocycles. The van der Waals surface area contributed by atoms with Crippen molar-refractivity contribution in [3.63, 3.8) is 0 Å². The van der Waals surface area contributed by atoms with E-state index in [-0.39, 0.29) is 36.3 Å². The maximum atomic E-state index is 13.1. The minimum absolute atomic E-state index is 0.189. The van der Waals surface area contributed by atoms with Crippen LogP contribution in [0.3, 0.4) is 0 Å². The summed E-state index contributed by atoms with van der Waals surface area (Å²) in [7, 11) is 0. The van der Waals surface area contributed by atoms with Crippen molar-refractivity contribution >= 4 is 29.2 Å². The predicted molar refractivity (Wildman–Crippen MR) is 117 cm³/mol. The first-order valence-corrected chi connectivity index (χ1v) is 11.5. The summed E-state index contributed by atoms with van der Waals surface area (Å²) in [6, 6.07) is 9.19. The Hall–Kier alpha value is -2.26. The van der Waals surface area contributed by atoms with Crippen molar-refractivity contribution in [2.45, 2.75) is 56.7 Å². The summed E-state index contributed by atoms with van der Waals surface area (Å²) in [6.45, 7) is 2.37. The van der Waals surface area contributed by atoms with Gasteiger partial charge in [-0.15, -0.1) is 11.6 Å². The van der Waals surface area contributed by atoms with Crippen LogP contribution in [0.4, 0.5) is 5.69 Å². The molecule has 4 aliphatic rings. The molecule has 7 heteroatoms. The molecule has 166 valence electrons. The quantitative estimate of drug-likeness (QED) is 0.437. The normalized spacial score (nSPS) is 30.5. The van der Waals surface area contributed by atoms with E-state index in [9.17, 15) is 9.59 Å². The summed E-state index contributed by atoms with van der Waals surface area (Å²) < 4.78 is 11.0. The molecule has 4 bridgehead atoms. The van der Waals surface area contributed by atoms with E-state index >= 15 is 0 Å². The summed E-state index contributed by atoms with van der Waals surface area (Å²) in [5, 5.41) is 8.99. The molecule has 0 saturated heterocycles. The number of carbonyl (C=O) groups excluding carboxylic acids is 2. The number of carbonyl (C=O) groups is 2. The van der Waals surface area contributed by atoms with Crippen LogP contribution in [0.15, 0.2) is 24.3 Å². The number of benzene rings is 1. The van der Waals surface area contributed by atoms with Gasteiger partial charge in [0.15, 0.2) is 6.61 Å². The lowest BCUT2D eigenvalue weighted by Crippen LogP contribution is -2.56. The van der Waals surface area contributed by atoms with Gasteiger partial charge in [0.1, 0.15) is 5.75 Å². The first kappa shape index (κ1) is 22.0. The lowest BCUT2D eigenvalue weighted by atomic mass is 9.49. The maximum absolute atomic E-state index is 13.1. The molecule has 31 heavy (non-hydrogen) atoms. The summed E-state index contributed by atoms with van der Waals surface area (Å²) in [4.78, 5) is 27.3. The first-order chi connectivity index (χ1) is 14.9. The molecule has 1 amide bonds. The monoisotopic (exact) mass is 444 g/mol. The van der Waals surface area contributed by atoms with Crippen LogP contribution in [0.2, 0.25) is 0 Å². The largest absolute Gasteiger partial charge is 0.494 e. The van der Waals surface area contributed by atoms with Gasteiger partial charge in [-0.1, -0.05) is 0 Å². The van der Waals surface area contributed by atoms with E-state index in [0.717, 1.165) is 32.1 Å². The Morgan fingerprint density at radius 2 is 1.87 bits per heavy atom. The second kappa shape index (κ2) is 8.70. The Kier molecular flexibility index (Phi) is 6.16. The van der Waals surface area contributed by atoms with E-state index < -0.39 is 5.41 Å². The van der Waals surface area contributed by atoms with Crippen molar-refractivity contribution in [3.8, 4) is 11.8 Å². The van der Waals surface area contributed by atoms with Crippen LogP contribution in [-0.4, -0.2) is 36.5 Å². The van der Waals surface area contributed by atoms with Gasteiger partial charge in [-0.2, -0.15) is 5.26 Å². The van der Waals surface area contributed by atoms with Gasteiger partial charge in [-0.3, -0.25) is 9.59 Å². The number of hydrogen-bond donors (Lipinski definition) is 0. The van der Waals surface area contributed by atoms with Gasteiger partial charge in [0.25, 0.3) is 5.91 Å². The molecule has 4 aliphatic carbocycles. The fourth-order valence-corrected chi connectivity index (χ4v) is 6.89. The molecule has 6 nitrogen and oxygen atoms in total. The van der Waals surface area contributed by atoms with Crippen molar-refractivity contribution < 1.29 is 19.1 Å². The van der Waals surface area contributed by atoms with Crippen molar-refractivity contribution in [1.82, 2.24) is 0 Å². The topological polar surface area (TPSA) is 79.6 Å². The number of nitriles is 1. The number of amides is 1. The molecule has 0 aliphatic heterocycles. The van der Waals surface area contributed by atoms with E-state index in [4.69, 9.17) is 26.3 Å². The third kappa shape index (κ3) is 4.52. The molecule has 5 rings (SSSR count). The molecule has 4 fully saturated rings. The van der Waals surface area contributed by atoms with Crippen LogP contribution in [0.25, 0.3) is 0 Å². The Morgan fingerprint density at radius 3 is 2.45 bits per heavy atom. The van der Waals surface area contributed by atoms with Crippen LogP contribution in [-0.2, 0) is 14.3 Å².